The molecule has 0 aromatic carbocycles. The molecule has 1 aliphatic heterocycles. The Hall–Kier alpha value is -0.540. The van der Waals surface area contributed by atoms with E-state index in [1.807, 2.05) is 13.8 Å². The first-order valence-corrected chi connectivity index (χ1v) is 8.86. The maximum atomic E-state index is 12.3. The van der Waals surface area contributed by atoms with E-state index in [9.17, 15) is 8.42 Å². The fourth-order valence-corrected chi connectivity index (χ4v) is 4.80. The first-order valence-electron chi connectivity index (χ1n) is 6.56. The molecule has 2 N–H and O–H groups in total. The lowest BCUT2D eigenvalue weighted by molar-refractivity contribution is 0.122. The highest BCUT2D eigenvalue weighted by atomic mass is 32.2. The molecule has 6 nitrogen and oxygen atoms in total. The van der Waals surface area contributed by atoms with Gasteiger partial charge in [0.15, 0.2) is 0 Å². The maximum Gasteiger partial charge on any atom is 0.267 e. The zero-order valence-corrected chi connectivity index (χ0v) is 13.7. The van der Waals surface area contributed by atoms with Crippen LogP contribution in [-0.2, 0) is 14.8 Å². The highest BCUT2D eigenvalue weighted by Crippen LogP contribution is 2.23. The second kappa shape index (κ2) is 6.07. The third kappa shape index (κ3) is 3.37. The largest absolute Gasteiger partial charge is 0.383 e. The van der Waals surface area contributed by atoms with Crippen molar-refractivity contribution in [1.82, 2.24) is 15.0 Å². The Balaban J connectivity index is 2.08. The normalized spacial score (nSPS) is 23.4. The molecule has 2 heterocycles. The Morgan fingerprint density at radius 2 is 2.25 bits per heavy atom. The smallest absolute Gasteiger partial charge is 0.267 e. The molecular weight excluding hydrogens is 298 g/mol. The van der Waals surface area contributed by atoms with Gasteiger partial charge in [-0.3, -0.25) is 0 Å². The van der Waals surface area contributed by atoms with Gasteiger partial charge in [0.05, 0.1) is 17.8 Å². The first-order chi connectivity index (χ1) is 9.38. The lowest BCUT2D eigenvalue weighted by Crippen LogP contribution is -2.52. The summed E-state index contributed by atoms with van der Waals surface area (Å²) in [7, 11) is -1.92. The summed E-state index contributed by atoms with van der Waals surface area (Å²) >= 11 is 1.20. The summed E-state index contributed by atoms with van der Waals surface area (Å²) in [5.41, 5.74) is 0.462. The van der Waals surface area contributed by atoms with E-state index in [1.165, 1.54) is 11.3 Å². The number of hydrogen-bond donors (Lipinski definition) is 2. The van der Waals surface area contributed by atoms with Gasteiger partial charge < -0.3 is 10.1 Å². The van der Waals surface area contributed by atoms with Crippen LogP contribution in [0, 0.1) is 13.8 Å². The van der Waals surface area contributed by atoms with Crippen LogP contribution in [0.1, 0.15) is 23.4 Å². The van der Waals surface area contributed by atoms with E-state index in [1.54, 1.807) is 7.11 Å². The van der Waals surface area contributed by atoms with Crippen molar-refractivity contribution in [1.29, 1.82) is 0 Å². The number of aryl methyl sites for hydroxylation is 2. The number of aromatic nitrogens is 1. The SMILES string of the molecule is COCC1(CNS(=O)(=O)c2nc(C)c(C)s2)CCCN1. The molecule has 1 fully saturated rings. The molecule has 0 saturated carbocycles. The summed E-state index contributed by atoms with van der Waals surface area (Å²) in [4.78, 5) is 5.04. The quantitative estimate of drug-likeness (QED) is 0.811. The predicted octanol–water partition coefficient (Wildman–Crippen LogP) is 0.807. The van der Waals surface area contributed by atoms with E-state index >= 15 is 0 Å². The fourth-order valence-electron chi connectivity index (χ4n) is 2.32. The molecule has 0 aliphatic carbocycles. The summed E-state index contributed by atoms with van der Waals surface area (Å²) in [5.74, 6) is 0. The molecule has 1 saturated heterocycles. The second-order valence-electron chi connectivity index (χ2n) is 5.19. The van der Waals surface area contributed by atoms with Crippen LogP contribution < -0.4 is 10.0 Å². The zero-order valence-electron chi connectivity index (χ0n) is 12.0. The summed E-state index contributed by atoms with van der Waals surface area (Å²) in [6.07, 6.45) is 1.93. The summed E-state index contributed by atoms with van der Waals surface area (Å²) in [6, 6.07) is 0. The van der Waals surface area contributed by atoms with E-state index in [4.69, 9.17) is 4.74 Å². The van der Waals surface area contributed by atoms with E-state index in [0.29, 0.717) is 13.2 Å². The van der Waals surface area contributed by atoms with E-state index in [-0.39, 0.29) is 9.88 Å². The molecule has 8 heteroatoms. The third-order valence-electron chi connectivity index (χ3n) is 3.59. The molecule has 1 unspecified atom stereocenters. The highest BCUT2D eigenvalue weighted by molar-refractivity contribution is 7.91. The highest BCUT2D eigenvalue weighted by Gasteiger charge is 2.35. The molecule has 20 heavy (non-hydrogen) atoms. The van der Waals surface area contributed by atoms with Crippen LogP contribution in [0.15, 0.2) is 4.34 Å². The van der Waals surface area contributed by atoms with Crippen molar-refractivity contribution in [2.45, 2.75) is 36.6 Å². The van der Waals surface area contributed by atoms with Gasteiger partial charge in [-0.1, -0.05) is 0 Å². The van der Waals surface area contributed by atoms with Gasteiger partial charge in [0.1, 0.15) is 0 Å². The monoisotopic (exact) mass is 319 g/mol. The molecule has 114 valence electrons. The van der Waals surface area contributed by atoms with Crippen LogP contribution >= 0.6 is 11.3 Å². The van der Waals surface area contributed by atoms with Crippen LogP contribution in [0.4, 0.5) is 0 Å². The number of ether oxygens (including phenoxy) is 1. The van der Waals surface area contributed by atoms with Crippen molar-refractivity contribution >= 4 is 21.4 Å². The number of nitrogens with zero attached hydrogens (tertiary/aromatic N) is 1. The number of nitrogens with one attached hydrogen (secondary N) is 2. The van der Waals surface area contributed by atoms with E-state index in [2.05, 4.69) is 15.0 Å². The minimum absolute atomic E-state index is 0.137. The maximum absolute atomic E-state index is 12.3. The van der Waals surface area contributed by atoms with Gasteiger partial charge in [0.25, 0.3) is 10.0 Å². The van der Waals surface area contributed by atoms with E-state index < -0.39 is 10.0 Å². The van der Waals surface area contributed by atoms with Gasteiger partial charge in [-0.25, -0.2) is 18.1 Å². The van der Waals surface area contributed by atoms with Crippen molar-refractivity contribution in [2.75, 3.05) is 26.8 Å². The summed E-state index contributed by atoms with van der Waals surface area (Å²) in [5, 5.41) is 3.34. The number of hydrogen-bond acceptors (Lipinski definition) is 6. The minimum Gasteiger partial charge on any atom is -0.383 e. The molecule has 0 spiro atoms. The zero-order chi connectivity index (χ0) is 14.8. The molecule has 1 atom stereocenters. The molecule has 1 aromatic heterocycles. The van der Waals surface area contributed by atoms with Crippen LogP contribution in [0.25, 0.3) is 0 Å². The number of methoxy groups -OCH3 is 1. The first kappa shape index (κ1) is 15.8. The molecular formula is C12H21N3O3S2. The lowest BCUT2D eigenvalue weighted by Gasteiger charge is -2.28. The van der Waals surface area contributed by atoms with Crippen LogP contribution in [-0.4, -0.2) is 45.7 Å². The molecule has 2 rings (SSSR count). The van der Waals surface area contributed by atoms with Crippen molar-refractivity contribution in [3.05, 3.63) is 10.6 Å². The van der Waals surface area contributed by atoms with Gasteiger partial charge >= 0.3 is 0 Å². The third-order valence-corrected chi connectivity index (χ3v) is 6.44. The minimum atomic E-state index is -3.54. The Morgan fingerprint density at radius 3 is 2.75 bits per heavy atom. The Bertz CT molecular complexity index is 543. The standard InChI is InChI=1S/C12H21N3O3S2/c1-9-10(2)19-11(15-9)20(16,17)14-7-12(8-18-3)5-4-6-13-12/h13-14H,4-8H2,1-3H3. The molecule has 0 bridgehead atoms. The van der Waals surface area contributed by atoms with Gasteiger partial charge in [-0.15, -0.1) is 11.3 Å². The van der Waals surface area contributed by atoms with Crippen LogP contribution in [0.3, 0.4) is 0 Å². The predicted molar refractivity (Wildman–Crippen MR) is 78.6 cm³/mol. The lowest BCUT2D eigenvalue weighted by atomic mass is 9.99. The number of sulfonamides is 1. The topological polar surface area (TPSA) is 80.3 Å². The van der Waals surface area contributed by atoms with Crippen molar-refractivity contribution in [3.8, 4) is 0 Å². The van der Waals surface area contributed by atoms with E-state index in [0.717, 1.165) is 30.0 Å². The van der Waals surface area contributed by atoms with Crippen molar-refractivity contribution < 1.29 is 13.2 Å². The average Bonchev–Trinajstić information content (AvgIpc) is 2.97. The van der Waals surface area contributed by atoms with Gasteiger partial charge in [0.2, 0.25) is 4.34 Å². The Labute approximate surface area is 124 Å². The van der Waals surface area contributed by atoms with Crippen molar-refractivity contribution in [2.24, 2.45) is 0 Å². The van der Waals surface area contributed by atoms with Gasteiger partial charge in [-0.05, 0) is 33.2 Å². The average molecular weight is 319 g/mol. The van der Waals surface area contributed by atoms with Crippen LogP contribution in [0.2, 0.25) is 0 Å². The second-order valence-corrected chi connectivity index (χ2v) is 8.33. The number of thiazole rings is 1. The summed E-state index contributed by atoms with van der Waals surface area (Å²) in [6.45, 7) is 5.39. The molecule has 0 radical (unpaired) electrons. The van der Waals surface area contributed by atoms with Gasteiger partial charge in [0, 0.05) is 18.5 Å². The molecule has 1 aliphatic rings. The fraction of sp³-hybridized carbons (Fsp3) is 0.750. The Kier molecular flexibility index (Phi) is 4.80. The number of rotatable bonds is 6. The molecule has 1 aromatic rings. The summed E-state index contributed by atoms with van der Waals surface area (Å²) < 4.78 is 32.5. The van der Waals surface area contributed by atoms with Gasteiger partial charge in [-0.2, -0.15) is 0 Å². The Morgan fingerprint density at radius 1 is 1.50 bits per heavy atom. The van der Waals surface area contributed by atoms with Crippen molar-refractivity contribution in [3.63, 3.8) is 0 Å². The molecule has 0 amide bonds. The van der Waals surface area contributed by atoms with Crippen LogP contribution in [0.5, 0.6) is 0 Å².